The van der Waals surface area contributed by atoms with Crippen molar-refractivity contribution in [1.29, 1.82) is 0 Å². The molecule has 5 nitrogen and oxygen atoms in total. The van der Waals surface area contributed by atoms with Crippen molar-refractivity contribution in [1.82, 2.24) is 20.3 Å². The van der Waals surface area contributed by atoms with Gasteiger partial charge in [-0.05, 0) is 0 Å². The number of fused-ring (bicyclic) bond motifs is 1. The van der Waals surface area contributed by atoms with E-state index in [0.717, 1.165) is 18.8 Å². The Morgan fingerprint density at radius 1 is 1.12 bits per heavy atom. The second-order valence-corrected chi connectivity index (χ2v) is 12.1. The van der Waals surface area contributed by atoms with Crippen molar-refractivity contribution >= 4 is 36.5 Å². The molecule has 26 heavy (non-hydrogen) atoms. The summed E-state index contributed by atoms with van der Waals surface area (Å²) in [5.74, 6) is -0.256. The summed E-state index contributed by atoms with van der Waals surface area (Å²) in [6, 6.07) is 3.23. The van der Waals surface area contributed by atoms with E-state index in [4.69, 9.17) is 0 Å². The molecular weight excluding hydrogens is 444 g/mol. The van der Waals surface area contributed by atoms with Gasteiger partial charge in [0.25, 0.3) is 0 Å². The van der Waals surface area contributed by atoms with Gasteiger partial charge in [-0.2, -0.15) is 0 Å². The Morgan fingerprint density at radius 3 is 2.62 bits per heavy atom. The molecule has 0 radical (unpaired) electrons. The summed E-state index contributed by atoms with van der Waals surface area (Å²) >= 11 is -1.22. The molecular formula is C19H21FIN5. The minimum atomic E-state index is -1.22. The van der Waals surface area contributed by atoms with Crippen LogP contribution in [-0.4, -0.2) is 36.9 Å². The first-order chi connectivity index (χ1) is 12.7. The number of rotatable bonds is 4. The van der Waals surface area contributed by atoms with E-state index in [2.05, 4.69) is 32.5 Å². The predicted molar refractivity (Wildman–Crippen MR) is 111 cm³/mol. The zero-order valence-electron chi connectivity index (χ0n) is 14.6. The molecule has 0 unspecified atom stereocenters. The monoisotopic (exact) mass is 465 g/mol. The molecule has 2 aromatic heterocycles. The van der Waals surface area contributed by atoms with E-state index in [-0.39, 0.29) is 5.82 Å². The number of pyridine rings is 1. The fraction of sp³-hybridized carbons (Fsp3) is 0.316. The second kappa shape index (κ2) is 7.79. The van der Waals surface area contributed by atoms with Crippen molar-refractivity contribution < 1.29 is 4.39 Å². The van der Waals surface area contributed by atoms with E-state index >= 15 is 0 Å². The molecule has 0 saturated carbocycles. The number of hydrogen-bond acceptors (Lipinski definition) is 5. The summed E-state index contributed by atoms with van der Waals surface area (Å²) in [6.07, 6.45) is 7.05. The summed E-state index contributed by atoms with van der Waals surface area (Å²) in [7, 11) is 0. The zero-order valence-corrected chi connectivity index (χ0v) is 16.8. The van der Waals surface area contributed by atoms with E-state index in [1.54, 1.807) is 18.5 Å². The summed E-state index contributed by atoms with van der Waals surface area (Å²) in [5.41, 5.74) is 4.21. The van der Waals surface area contributed by atoms with Crippen LogP contribution in [0.1, 0.15) is 11.1 Å². The van der Waals surface area contributed by atoms with Gasteiger partial charge >= 0.3 is 159 Å². The van der Waals surface area contributed by atoms with Crippen molar-refractivity contribution in [2.45, 2.75) is 13.5 Å². The van der Waals surface area contributed by atoms with Crippen LogP contribution in [0.15, 0.2) is 36.9 Å². The maximum absolute atomic E-state index is 14.4. The van der Waals surface area contributed by atoms with Crippen LogP contribution in [-0.2, 0) is 6.54 Å². The number of halogens is 2. The SMILES string of the molecule is Cc1cncc(NCc2cc3nccnc3cc2F)c1I1CCNCC1. The molecule has 1 aliphatic heterocycles. The third-order valence-corrected chi connectivity index (χ3v) is 11.1. The number of nitrogens with zero attached hydrogens (tertiary/aromatic N) is 3. The number of aromatic nitrogens is 3. The average Bonchev–Trinajstić information content (AvgIpc) is 2.67. The topological polar surface area (TPSA) is 62.7 Å². The Hall–Kier alpha value is -1.87. The van der Waals surface area contributed by atoms with Gasteiger partial charge < -0.3 is 0 Å². The molecule has 3 aromatic rings. The normalized spacial score (nSPS) is 16.0. The van der Waals surface area contributed by atoms with Crippen molar-refractivity contribution in [3.05, 3.63) is 57.4 Å². The number of alkyl halides is 2. The molecule has 0 bridgehead atoms. The molecule has 0 aliphatic carbocycles. The summed E-state index contributed by atoms with van der Waals surface area (Å²) < 4.78 is 18.4. The fourth-order valence-corrected chi connectivity index (χ4v) is 9.33. The van der Waals surface area contributed by atoms with E-state index in [1.807, 2.05) is 12.4 Å². The van der Waals surface area contributed by atoms with E-state index < -0.39 is 19.8 Å². The number of benzene rings is 1. The second-order valence-electron chi connectivity index (χ2n) is 6.24. The standard InChI is InChI=1S/C19H21FIN5/c1-13-10-23-12-18(19(13)21-2-4-22-5-3-21)26-11-14-8-16-17(9-15(14)20)25-7-6-24-16/h6-10,12,22,26H,2-5,11H2,1H3. The molecule has 4 rings (SSSR count). The van der Waals surface area contributed by atoms with Crippen molar-refractivity contribution in [3.8, 4) is 0 Å². The van der Waals surface area contributed by atoms with Gasteiger partial charge in [0, 0.05) is 0 Å². The Bertz CT molecular complexity index is 927. The van der Waals surface area contributed by atoms with Gasteiger partial charge in [0.15, 0.2) is 0 Å². The van der Waals surface area contributed by atoms with Crippen LogP contribution in [0.4, 0.5) is 10.1 Å². The third kappa shape index (κ3) is 3.64. The molecule has 0 amide bonds. The number of nitrogens with one attached hydrogen (secondary N) is 2. The van der Waals surface area contributed by atoms with Crippen LogP contribution >= 0.6 is 19.8 Å². The van der Waals surface area contributed by atoms with Crippen molar-refractivity contribution in [3.63, 3.8) is 0 Å². The number of hydrogen-bond donors (Lipinski definition) is 2. The van der Waals surface area contributed by atoms with Crippen molar-refractivity contribution in [2.75, 3.05) is 27.3 Å². The Morgan fingerprint density at radius 2 is 1.85 bits per heavy atom. The van der Waals surface area contributed by atoms with Gasteiger partial charge in [0.1, 0.15) is 0 Å². The quantitative estimate of drug-likeness (QED) is 0.457. The van der Waals surface area contributed by atoms with E-state index in [1.165, 1.54) is 24.1 Å². The van der Waals surface area contributed by atoms with Gasteiger partial charge in [0.05, 0.1) is 0 Å². The predicted octanol–water partition coefficient (Wildman–Crippen LogP) is 3.36. The van der Waals surface area contributed by atoms with Crippen LogP contribution in [0.25, 0.3) is 11.0 Å². The van der Waals surface area contributed by atoms with Crippen LogP contribution in [0.5, 0.6) is 0 Å². The summed E-state index contributed by atoms with van der Waals surface area (Å²) in [4.78, 5) is 12.8. The van der Waals surface area contributed by atoms with Gasteiger partial charge in [-0.15, -0.1) is 0 Å². The molecule has 2 N–H and O–H groups in total. The van der Waals surface area contributed by atoms with E-state index in [0.29, 0.717) is 23.1 Å². The van der Waals surface area contributed by atoms with Crippen LogP contribution < -0.4 is 10.6 Å². The zero-order chi connectivity index (χ0) is 17.9. The molecule has 1 fully saturated rings. The first-order valence-electron chi connectivity index (χ1n) is 8.62. The molecule has 1 aliphatic rings. The fourth-order valence-electron chi connectivity index (χ4n) is 3.15. The van der Waals surface area contributed by atoms with Crippen molar-refractivity contribution in [2.24, 2.45) is 0 Å². The summed E-state index contributed by atoms with van der Waals surface area (Å²) in [5, 5.41) is 6.89. The van der Waals surface area contributed by atoms with E-state index in [9.17, 15) is 4.39 Å². The number of anilines is 1. The number of aryl methyl sites for hydroxylation is 1. The first kappa shape index (κ1) is 17.5. The van der Waals surface area contributed by atoms with Gasteiger partial charge in [-0.1, -0.05) is 0 Å². The Kier molecular flexibility index (Phi) is 5.26. The molecule has 136 valence electrons. The van der Waals surface area contributed by atoms with Gasteiger partial charge in [0.2, 0.25) is 0 Å². The summed E-state index contributed by atoms with van der Waals surface area (Å²) in [6.45, 7) is 4.76. The Labute approximate surface area is 159 Å². The molecule has 7 heteroatoms. The maximum atomic E-state index is 14.4. The Balaban J connectivity index is 1.60. The third-order valence-electron chi connectivity index (χ3n) is 4.43. The van der Waals surface area contributed by atoms with Gasteiger partial charge in [-0.25, -0.2) is 0 Å². The molecule has 1 aromatic carbocycles. The van der Waals surface area contributed by atoms with Gasteiger partial charge in [-0.3, -0.25) is 0 Å². The molecule has 1 saturated heterocycles. The van der Waals surface area contributed by atoms with Crippen LogP contribution in [0, 0.1) is 16.3 Å². The van der Waals surface area contributed by atoms with Crippen LogP contribution in [0.2, 0.25) is 0 Å². The first-order valence-corrected chi connectivity index (χ1v) is 12.8. The molecule has 0 spiro atoms. The minimum absolute atomic E-state index is 0.256. The molecule has 0 atom stereocenters. The van der Waals surface area contributed by atoms with Crippen LogP contribution in [0.3, 0.4) is 0 Å². The average molecular weight is 465 g/mol. The molecule has 3 heterocycles.